The van der Waals surface area contributed by atoms with Crippen molar-refractivity contribution in [1.29, 1.82) is 0 Å². The fourth-order valence-electron chi connectivity index (χ4n) is 1.16. The Hall–Kier alpha value is -0.853. The number of rotatable bonds is 15. The molecule has 0 amide bonds. The molecule has 0 aliphatic heterocycles. The molecule has 10 heteroatoms. The van der Waals surface area contributed by atoms with Crippen LogP contribution in [0, 0.1) is 0 Å². The maximum atomic E-state index is 10.6. The van der Waals surface area contributed by atoms with Crippen LogP contribution in [0.3, 0.4) is 0 Å². The van der Waals surface area contributed by atoms with Crippen molar-refractivity contribution in [1.82, 2.24) is 0 Å². The van der Waals surface area contributed by atoms with Crippen molar-refractivity contribution in [2.45, 2.75) is 0 Å². The van der Waals surface area contributed by atoms with Crippen molar-refractivity contribution >= 4 is 15.5 Å². The van der Waals surface area contributed by atoms with Gasteiger partial charge in [0.2, 0.25) is 0 Å². The summed E-state index contributed by atoms with van der Waals surface area (Å²) in [5.74, 6) is -0.453. The highest BCUT2D eigenvalue weighted by atomic mass is 28.3. The Balaban J connectivity index is 0. The van der Waals surface area contributed by atoms with E-state index in [1.165, 1.54) is 0 Å². The van der Waals surface area contributed by atoms with E-state index in [2.05, 4.69) is 6.58 Å². The minimum atomic E-state index is -1.67. The van der Waals surface area contributed by atoms with Crippen molar-refractivity contribution in [3.8, 4) is 0 Å². The Labute approximate surface area is 145 Å². The van der Waals surface area contributed by atoms with Gasteiger partial charge in [0.15, 0.2) is 0 Å². The summed E-state index contributed by atoms with van der Waals surface area (Å²) in [6.07, 6.45) is 1.11. The highest BCUT2D eigenvalue weighted by Crippen LogP contribution is 1.84. The first-order valence-electron chi connectivity index (χ1n) is 7.37. The molecule has 1 N–H and O–H groups in total. The van der Waals surface area contributed by atoms with Crippen molar-refractivity contribution < 1.29 is 42.1 Å². The molecule has 0 bridgehead atoms. The van der Waals surface area contributed by atoms with E-state index < -0.39 is 15.5 Å². The van der Waals surface area contributed by atoms with E-state index >= 15 is 0 Å². The average molecular weight is 370 g/mol. The van der Waals surface area contributed by atoms with Gasteiger partial charge in [0, 0.05) is 27.4 Å². The Morgan fingerprint density at radius 2 is 1.29 bits per heavy atom. The molecule has 0 aromatic rings. The van der Waals surface area contributed by atoms with Gasteiger partial charge in [0.25, 0.3) is 0 Å². The van der Waals surface area contributed by atoms with Gasteiger partial charge >= 0.3 is 15.5 Å². The fraction of sp³-hybridized carbons (Fsp3) is 0.786. The lowest BCUT2D eigenvalue weighted by molar-refractivity contribution is -0.139. The Bertz CT molecular complexity index is 269. The summed E-state index contributed by atoms with van der Waals surface area (Å²) >= 11 is 0. The van der Waals surface area contributed by atoms with Crippen LogP contribution in [0.15, 0.2) is 12.7 Å². The largest absolute Gasteiger partial charge is 0.483 e. The van der Waals surface area contributed by atoms with Crippen LogP contribution in [0.5, 0.6) is 0 Å². The van der Waals surface area contributed by atoms with Crippen LogP contribution < -0.4 is 0 Å². The minimum Gasteiger partial charge on any atom is -0.460 e. The van der Waals surface area contributed by atoms with Crippen LogP contribution in [0.1, 0.15) is 0 Å². The molecule has 0 aromatic heterocycles. The second-order valence-electron chi connectivity index (χ2n) is 3.93. The Kier molecular flexibility index (Phi) is 23.4. The van der Waals surface area contributed by atoms with Crippen LogP contribution in [-0.2, 0) is 37.0 Å². The van der Waals surface area contributed by atoms with E-state index in [0.717, 1.165) is 6.08 Å². The standard InChI is InChI=1S/C11H20O6.C3H10O3Si/c1-2-11(13)17-10-9-16-8-7-15-6-5-14-4-3-12;1-4-7(5-2)6-3/h2,12H,1,3-10H2;7H,1-3H3. The first-order valence-corrected chi connectivity index (χ1v) is 8.79. The second kappa shape index (κ2) is 22.1. The number of carbonyl (C=O) groups is 1. The Morgan fingerprint density at radius 3 is 1.62 bits per heavy atom. The second-order valence-corrected chi connectivity index (χ2v) is 5.92. The quantitative estimate of drug-likeness (QED) is 0.175. The van der Waals surface area contributed by atoms with Gasteiger partial charge in [-0.15, -0.1) is 0 Å². The van der Waals surface area contributed by atoms with Crippen LogP contribution in [-0.4, -0.2) is 94.8 Å². The fourth-order valence-corrected chi connectivity index (χ4v) is 1.73. The molecular formula is C14H30O9Si. The molecule has 0 rings (SSSR count). The third-order valence-electron chi connectivity index (χ3n) is 2.20. The first-order chi connectivity index (χ1) is 11.7. The summed E-state index contributed by atoms with van der Waals surface area (Å²) in [6, 6.07) is 0. The number of hydrogen-bond donors (Lipinski definition) is 1. The van der Waals surface area contributed by atoms with E-state index in [1.807, 2.05) is 0 Å². The summed E-state index contributed by atoms with van der Waals surface area (Å²) in [5.41, 5.74) is 0. The Morgan fingerprint density at radius 1 is 0.875 bits per heavy atom. The zero-order valence-electron chi connectivity index (χ0n) is 14.7. The molecule has 0 heterocycles. The lowest BCUT2D eigenvalue weighted by atomic mass is 10.6. The van der Waals surface area contributed by atoms with Crippen LogP contribution in [0.25, 0.3) is 0 Å². The molecule has 0 unspecified atom stereocenters. The van der Waals surface area contributed by atoms with E-state index in [0.29, 0.717) is 39.6 Å². The predicted octanol–water partition coefficient (Wildman–Crippen LogP) is -0.599. The maximum absolute atomic E-state index is 10.6. The number of hydrogen-bond acceptors (Lipinski definition) is 9. The van der Waals surface area contributed by atoms with E-state index in [4.69, 9.17) is 37.3 Å². The van der Waals surface area contributed by atoms with Gasteiger partial charge < -0.3 is 37.3 Å². The van der Waals surface area contributed by atoms with Gasteiger partial charge in [-0.25, -0.2) is 4.79 Å². The van der Waals surface area contributed by atoms with Crippen LogP contribution >= 0.6 is 0 Å². The van der Waals surface area contributed by atoms with E-state index in [-0.39, 0.29) is 13.2 Å². The summed E-state index contributed by atoms with van der Waals surface area (Å²) in [4.78, 5) is 10.6. The van der Waals surface area contributed by atoms with Gasteiger partial charge in [-0.1, -0.05) is 6.58 Å². The minimum absolute atomic E-state index is 0.0204. The molecule has 0 aromatic carbocycles. The highest BCUT2D eigenvalue weighted by Gasteiger charge is 2.05. The van der Waals surface area contributed by atoms with Crippen molar-refractivity contribution in [2.24, 2.45) is 0 Å². The number of carbonyl (C=O) groups excluding carboxylic acids is 1. The van der Waals surface area contributed by atoms with E-state index in [9.17, 15) is 4.79 Å². The monoisotopic (exact) mass is 370 g/mol. The van der Waals surface area contributed by atoms with Gasteiger partial charge in [-0.05, 0) is 0 Å². The maximum Gasteiger partial charge on any atom is 0.483 e. The smallest absolute Gasteiger partial charge is 0.460 e. The summed E-state index contributed by atoms with van der Waals surface area (Å²) in [5, 5.41) is 8.42. The molecule has 24 heavy (non-hydrogen) atoms. The molecule has 144 valence electrons. The SMILES string of the molecule is C=CC(=O)OCCOCCOCCOCCO.CO[SiH](OC)OC. The van der Waals surface area contributed by atoms with Gasteiger partial charge in [-0.3, -0.25) is 0 Å². The third-order valence-corrected chi connectivity index (χ3v) is 3.35. The van der Waals surface area contributed by atoms with Gasteiger partial charge in [-0.2, -0.15) is 0 Å². The lowest BCUT2D eigenvalue weighted by Crippen LogP contribution is -2.21. The average Bonchev–Trinajstić information content (AvgIpc) is 2.61. The zero-order chi connectivity index (χ0) is 18.5. The molecular weight excluding hydrogens is 340 g/mol. The first kappa shape index (κ1) is 25.4. The highest BCUT2D eigenvalue weighted by molar-refractivity contribution is 6.36. The molecule has 0 aliphatic rings. The number of aliphatic hydroxyl groups is 1. The molecule has 0 saturated carbocycles. The topological polar surface area (TPSA) is 102 Å². The molecule has 0 saturated heterocycles. The predicted molar refractivity (Wildman–Crippen MR) is 88.9 cm³/mol. The summed E-state index contributed by atoms with van der Waals surface area (Å²) < 4.78 is 34.2. The van der Waals surface area contributed by atoms with Gasteiger partial charge in [0.05, 0.1) is 46.2 Å². The molecule has 0 radical (unpaired) electrons. The van der Waals surface area contributed by atoms with E-state index in [1.54, 1.807) is 21.3 Å². The summed E-state index contributed by atoms with van der Waals surface area (Å²) in [7, 11) is 3.05. The normalized spacial score (nSPS) is 10.2. The van der Waals surface area contributed by atoms with Crippen molar-refractivity contribution in [3.63, 3.8) is 0 Å². The van der Waals surface area contributed by atoms with Crippen LogP contribution in [0.2, 0.25) is 0 Å². The molecule has 0 fully saturated rings. The molecule has 0 aliphatic carbocycles. The summed E-state index contributed by atoms with van der Waals surface area (Å²) in [6.45, 7) is 5.98. The van der Waals surface area contributed by atoms with Gasteiger partial charge in [0.1, 0.15) is 6.61 Å². The number of ether oxygens (including phenoxy) is 4. The van der Waals surface area contributed by atoms with Crippen molar-refractivity contribution in [2.75, 3.05) is 74.2 Å². The van der Waals surface area contributed by atoms with Crippen molar-refractivity contribution in [3.05, 3.63) is 12.7 Å². The lowest BCUT2D eigenvalue weighted by Gasteiger charge is -2.06. The number of esters is 1. The zero-order valence-corrected chi connectivity index (χ0v) is 15.9. The molecule has 9 nitrogen and oxygen atoms in total. The third kappa shape index (κ3) is 21.1. The molecule has 0 spiro atoms. The molecule has 0 atom stereocenters. The number of aliphatic hydroxyl groups excluding tert-OH is 1. The van der Waals surface area contributed by atoms with Crippen LogP contribution in [0.4, 0.5) is 0 Å².